The van der Waals surface area contributed by atoms with Crippen LogP contribution in [0.3, 0.4) is 0 Å². The van der Waals surface area contributed by atoms with E-state index in [0.717, 1.165) is 32.8 Å². The molecule has 0 saturated carbocycles. The number of hydrogen-bond acceptors (Lipinski definition) is 2. The molecule has 0 spiro atoms. The number of aryl methyl sites for hydroxylation is 2. The Balaban J connectivity index is 1.61. The van der Waals surface area contributed by atoms with Crippen molar-refractivity contribution in [3.8, 4) is 0 Å². The maximum absolute atomic E-state index is 12.6. The number of benzene rings is 3. The number of quaternary nitrogens is 1. The molecule has 1 atom stereocenters. The molecular weight excluding hydrogens is 386 g/mol. The van der Waals surface area contributed by atoms with E-state index in [1.165, 1.54) is 0 Å². The van der Waals surface area contributed by atoms with Crippen molar-refractivity contribution in [2.75, 3.05) is 25.5 Å². The molecule has 5 nitrogen and oxygen atoms in total. The van der Waals surface area contributed by atoms with Crippen LogP contribution in [0.2, 0.25) is 0 Å². The van der Waals surface area contributed by atoms with Gasteiger partial charge in [-0.1, -0.05) is 78.9 Å². The molecule has 3 aromatic carbocycles. The molecule has 0 aromatic heterocycles. The molecule has 0 aliphatic heterocycles. The van der Waals surface area contributed by atoms with Gasteiger partial charge in [0.25, 0.3) is 5.91 Å². The second kappa shape index (κ2) is 10.5. The van der Waals surface area contributed by atoms with Gasteiger partial charge in [0.15, 0.2) is 6.54 Å². The smallest absolute Gasteiger partial charge is 0.275 e. The van der Waals surface area contributed by atoms with Gasteiger partial charge < -0.3 is 15.5 Å². The van der Waals surface area contributed by atoms with Crippen LogP contribution in [0.15, 0.2) is 78.9 Å². The maximum Gasteiger partial charge on any atom is 0.275 e. The van der Waals surface area contributed by atoms with Crippen LogP contribution in [0, 0.1) is 13.8 Å². The van der Waals surface area contributed by atoms with Crippen LogP contribution in [0.1, 0.15) is 28.3 Å². The molecule has 0 aliphatic carbocycles. The van der Waals surface area contributed by atoms with Crippen LogP contribution in [-0.4, -0.2) is 32.0 Å². The van der Waals surface area contributed by atoms with E-state index < -0.39 is 0 Å². The number of amides is 2. The van der Waals surface area contributed by atoms with E-state index in [1.807, 2.05) is 75.5 Å². The van der Waals surface area contributed by atoms with E-state index in [0.29, 0.717) is 0 Å². The van der Waals surface area contributed by atoms with Gasteiger partial charge in [-0.25, -0.2) is 0 Å². The van der Waals surface area contributed by atoms with Crippen molar-refractivity contribution in [2.24, 2.45) is 0 Å². The fraction of sp³-hybridized carbons (Fsp3) is 0.231. The van der Waals surface area contributed by atoms with E-state index in [9.17, 15) is 9.59 Å². The van der Waals surface area contributed by atoms with Crippen molar-refractivity contribution < 1.29 is 14.5 Å². The molecule has 31 heavy (non-hydrogen) atoms. The fourth-order valence-corrected chi connectivity index (χ4v) is 3.84. The predicted molar refractivity (Wildman–Crippen MR) is 124 cm³/mol. The average molecular weight is 417 g/mol. The van der Waals surface area contributed by atoms with Crippen molar-refractivity contribution >= 4 is 17.5 Å². The summed E-state index contributed by atoms with van der Waals surface area (Å²) >= 11 is 0. The standard InChI is InChI=1S/C26H29N3O2/c1-19-11-10-12-20(2)25(19)28-23(30)17-27-24(31)18-29(3)26(21-13-6-4-7-14-21)22-15-8-5-9-16-22/h4-16,26H,17-18H2,1-3H3,(H,27,31)(H,28,30)/p+1. The van der Waals surface area contributed by atoms with Gasteiger partial charge in [0.2, 0.25) is 5.91 Å². The predicted octanol–water partition coefficient (Wildman–Crippen LogP) is 2.66. The molecule has 0 bridgehead atoms. The highest BCUT2D eigenvalue weighted by molar-refractivity contribution is 5.95. The first kappa shape index (κ1) is 22.2. The van der Waals surface area contributed by atoms with Crippen molar-refractivity contribution in [3.63, 3.8) is 0 Å². The summed E-state index contributed by atoms with van der Waals surface area (Å²) < 4.78 is 0. The summed E-state index contributed by atoms with van der Waals surface area (Å²) in [6, 6.07) is 26.2. The molecule has 0 heterocycles. The summed E-state index contributed by atoms with van der Waals surface area (Å²) in [6.07, 6.45) is 0. The summed E-state index contributed by atoms with van der Waals surface area (Å²) in [7, 11) is 2.00. The van der Waals surface area contributed by atoms with Gasteiger partial charge in [0.1, 0.15) is 6.04 Å². The highest BCUT2D eigenvalue weighted by Crippen LogP contribution is 2.19. The van der Waals surface area contributed by atoms with Crippen molar-refractivity contribution in [1.82, 2.24) is 5.32 Å². The van der Waals surface area contributed by atoms with Crippen molar-refractivity contribution in [2.45, 2.75) is 19.9 Å². The lowest BCUT2D eigenvalue weighted by atomic mass is 9.97. The van der Waals surface area contributed by atoms with Crippen LogP contribution >= 0.6 is 0 Å². The SMILES string of the molecule is Cc1cccc(C)c1NC(=O)CNC(=O)C[NH+](C)C(c1ccccc1)c1ccccc1. The fourth-order valence-electron chi connectivity index (χ4n) is 3.84. The molecule has 2 amide bonds. The summed E-state index contributed by atoms with van der Waals surface area (Å²) in [4.78, 5) is 26.0. The van der Waals surface area contributed by atoms with Gasteiger partial charge in [-0.3, -0.25) is 9.59 Å². The maximum atomic E-state index is 12.6. The third-order valence-electron chi connectivity index (χ3n) is 5.39. The lowest BCUT2D eigenvalue weighted by molar-refractivity contribution is -0.898. The number of para-hydroxylation sites is 1. The number of hydrogen-bond donors (Lipinski definition) is 3. The molecule has 0 aliphatic rings. The van der Waals surface area contributed by atoms with E-state index in [-0.39, 0.29) is 30.9 Å². The van der Waals surface area contributed by atoms with Crippen molar-refractivity contribution in [3.05, 3.63) is 101 Å². The molecule has 160 valence electrons. The van der Waals surface area contributed by atoms with Crippen LogP contribution in [0.25, 0.3) is 0 Å². The number of carbonyl (C=O) groups excluding carboxylic acids is 2. The number of nitrogens with one attached hydrogen (secondary N) is 3. The molecule has 1 unspecified atom stereocenters. The molecular formula is C26H30N3O2+. The van der Waals surface area contributed by atoms with Gasteiger partial charge in [-0.2, -0.15) is 0 Å². The van der Waals surface area contributed by atoms with Crippen LogP contribution < -0.4 is 15.5 Å². The van der Waals surface area contributed by atoms with Crippen LogP contribution in [0.4, 0.5) is 5.69 Å². The number of anilines is 1. The molecule has 3 N–H and O–H groups in total. The first-order valence-corrected chi connectivity index (χ1v) is 10.5. The lowest BCUT2D eigenvalue weighted by Crippen LogP contribution is -3.10. The highest BCUT2D eigenvalue weighted by atomic mass is 16.2. The third kappa shape index (κ3) is 6.03. The van der Waals surface area contributed by atoms with E-state index >= 15 is 0 Å². The Morgan fingerprint density at radius 2 is 1.29 bits per heavy atom. The first-order valence-electron chi connectivity index (χ1n) is 10.5. The second-order valence-corrected chi connectivity index (χ2v) is 7.87. The van der Waals surface area contributed by atoms with Crippen molar-refractivity contribution in [1.29, 1.82) is 0 Å². The normalized spacial score (nSPS) is 11.7. The van der Waals surface area contributed by atoms with Gasteiger partial charge in [-0.15, -0.1) is 0 Å². The monoisotopic (exact) mass is 416 g/mol. The molecule has 0 fully saturated rings. The highest BCUT2D eigenvalue weighted by Gasteiger charge is 2.25. The largest absolute Gasteiger partial charge is 0.342 e. The Morgan fingerprint density at radius 1 is 0.774 bits per heavy atom. The first-order chi connectivity index (χ1) is 15.0. The lowest BCUT2D eigenvalue weighted by Gasteiger charge is -2.25. The van der Waals surface area contributed by atoms with Gasteiger partial charge in [-0.05, 0) is 25.0 Å². The Labute approximate surface area is 184 Å². The Morgan fingerprint density at radius 3 is 1.81 bits per heavy atom. The van der Waals surface area contributed by atoms with Gasteiger partial charge in [0, 0.05) is 16.8 Å². The molecule has 5 heteroatoms. The van der Waals surface area contributed by atoms with E-state index in [1.54, 1.807) is 0 Å². The molecule has 0 radical (unpaired) electrons. The van der Waals surface area contributed by atoms with E-state index in [4.69, 9.17) is 0 Å². The topological polar surface area (TPSA) is 62.6 Å². The van der Waals surface area contributed by atoms with Gasteiger partial charge >= 0.3 is 0 Å². The van der Waals surface area contributed by atoms with Crippen LogP contribution in [0.5, 0.6) is 0 Å². The number of carbonyl (C=O) groups is 2. The summed E-state index contributed by atoms with van der Waals surface area (Å²) in [6.45, 7) is 4.10. The van der Waals surface area contributed by atoms with Crippen LogP contribution in [-0.2, 0) is 9.59 Å². The minimum Gasteiger partial charge on any atom is -0.342 e. The Hall–Kier alpha value is -3.44. The minimum atomic E-state index is -0.230. The average Bonchev–Trinajstić information content (AvgIpc) is 2.77. The Kier molecular flexibility index (Phi) is 7.57. The minimum absolute atomic E-state index is 0.0246. The number of likely N-dealkylation sites (N-methyl/N-ethyl adjacent to an activating group) is 1. The second-order valence-electron chi connectivity index (χ2n) is 7.87. The third-order valence-corrected chi connectivity index (χ3v) is 5.39. The number of rotatable bonds is 8. The zero-order valence-corrected chi connectivity index (χ0v) is 18.3. The zero-order valence-electron chi connectivity index (χ0n) is 18.3. The molecule has 0 saturated heterocycles. The van der Waals surface area contributed by atoms with E-state index in [2.05, 4.69) is 34.9 Å². The summed E-state index contributed by atoms with van der Waals surface area (Å²) in [5.41, 5.74) is 5.09. The molecule has 3 rings (SSSR count). The Bertz CT molecular complexity index is 960. The quantitative estimate of drug-likeness (QED) is 0.529. The summed E-state index contributed by atoms with van der Waals surface area (Å²) in [5.74, 6) is -0.392. The van der Waals surface area contributed by atoms with Gasteiger partial charge in [0.05, 0.1) is 13.6 Å². The zero-order chi connectivity index (χ0) is 22.2. The summed E-state index contributed by atoms with van der Waals surface area (Å²) in [5, 5.41) is 5.66. The molecule has 3 aromatic rings.